The van der Waals surface area contributed by atoms with Gasteiger partial charge in [-0.1, -0.05) is 0 Å². The Hall–Kier alpha value is -2.95. The van der Waals surface area contributed by atoms with Crippen LogP contribution in [0, 0.1) is 13.8 Å². The van der Waals surface area contributed by atoms with Crippen LogP contribution in [0.3, 0.4) is 0 Å². The highest BCUT2D eigenvalue weighted by Gasteiger charge is 2.21. The van der Waals surface area contributed by atoms with Gasteiger partial charge in [-0.2, -0.15) is 5.10 Å². The van der Waals surface area contributed by atoms with Crippen LogP contribution in [0.4, 0.5) is 0 Å². The molecule has 4 rings (SSSR count). The number of aromatic nitrogens is 2. The maximum Gasteiger partial charge on any atom is 0.272 e. The van der Waals surface area contributed by atoms with Crippen LogP contribution in [-0.4, -0.2) is 22.1 Å². The van der Waals surface area contributed by atoms with Crippen molar-refractivity contribution in [3.8, 4) is 11.3 Å². The molecule has 1 aliphatic rings. The highest BCUT2D eigenvalue weighted by Crippen LogP contribution is 2.33. The Morgan fingerprint density at radius 2 is 2.00 bits per heavy atom. The molecule has 0 spiro atoms. The van der Waals surface area contributed by atoms with Crippen molar-refractivity contribution in [3.63, 3.8) is 0 Å². The van der Waals surface area contributed by atoms with E-state index in [0.717, 1.165) is 39.0 Å². The number of amides is 1. The molecule has 0 saturated heterocycles. The summed E-state index contributed by atoms with van der Waals surface area (Å²) in [5, 5.41) is 4.94. The van der Waals surface area contributed by atoms with Gasteiger partial charge in [0, 0.05) is 33.9 Å². The van der Waals surface area contributed by atoms with Crippen molar-refractivity contribution < 1.29 is 4.79 Å². The maximum atomic E-state index is 12.2. The number of hydrogen-bond acceptors (Lipinski definition) is 3. The summed E-state index contributed by atoms with van der Waals surface area (Å²) in [6.45, 7) is 3.93. The Labute approximate surface area is 127 Å². The maximum absolute atomic E-state index is 12.2. The first-order chi connectivity index (χ1) is 10.6. The molecule has 1 amide bonds. The highest BCUT2D eigenvalue weighted by molar-refractivity contribution is 6.17. The van der Waals surface area contributed by atoms with Gasteiger partial charge in [0.1, 0.15) is 0 Å². The van der Waals surface area contributed by atoms with Gasteiger partial charge < -0.3 is 4.98 Å². The van der Waals surface area contributed by atoms with Gasteiger partial charge in [-0.3, -0.25) is 9.78 Å². The van der Waals surface area contributed by atoms with Crippen molar-refractivity contribution in [2.75, 3.05) is 0 Å². The van der Waals surface area contributed by atoms with E-state index in [4.69, 9.17) is 0 Å². The van der Waals surface area contributed by atoms with E-state index in [1.54, 1.807) is 6.21 Å². The van der Waals surface area contributed by atoms with Crippen LogP contribution < -0.4 is 5.43 Å². The second-order valence-electron chi connectivity index (χ2n) is 5.54. The summed E-state index contributed by atoms with van der Waals surface area (Å²) in [7, 11) is 0. The van der Waals surface area contributed by atoms with E-state index in [9.17, 15) is 4.79 Å². The first kappa shape index (κ1) is 12.8. The Bertz CT molecular complexity index is 935. The van der Waals surface area contributed by atoms with Crippen LogP contribution in [0.1, 0.15) is 27.2 Å². The summed E-state index contributed by atoms with van der Waals surface area (Å²) in [5.41, 5.74) is 8.94. The average molecular weight is 290 g/mol. The predicted molar refractivity (Wildman–Crippen MR) is 86.1 cm³/mol. The second kappa shape index (κ2) is 4.53. The van der Waals surface area contributed by atoms with Gasteiger partial charge >= 0.3 is 0 Å². The van der Waals surface area contributed by atoms with Crippen LogP contribution in [-0.2, 0) is 0 Å². The van der Waals surface area contributed by atoms with Crippen LogP contribution in [0.5, 0.6) is 0 Å². The lowest BCUT2D eigenvalue weighted by molar-refractivity contribution is 0.0957. The zero-order valence-corrected chi connectivity index (χ0v) is 12.3. The number of pyridine rings is 1. The van der Waals surface area contributed by atoms with Crippen LogP contribution >= 0.6 is 0 Å². The van der Waals surface area contributed by atoms with Gasteiger partial charge in [0.05, 0.1) is 17.5 Å². The van der Waals surface area contributed by atoms with Gasteiger partial charge in [-0.25, -0.2) is 5.43 Å². The molecule has 0 saturated carbocycles. The molecule has 0 aliphatic carbocycles. The smallest absolute Gasteiger partial charge is 0.272 e. The molecule has 0 atom stereocenters. The van der Waals surface area contributed by atoms with Gasteiger partial charge in [0.25, 0.3) is 5.91 Å². The van der Waals surface area contributed by atoms with E-state index in [0.29, 0.717) is 5.56 Å². The lowest BCUT2D eigenvalue weighted by atomic mass is 10.0. The molecule has 3 heterocycles. The van der Waals surface area contributed by atoms with E-state index < -0.39 is 0 Å². The molecule has 2 aromatic heterocycles. The van der Waals surface area contributed by atoms with Gasteiger partial charge in [-0.15, -0.1) is 0 Å². The predicted octanol–water partition coefficient (Wildman–Crippen LogP) is 2.92. The fourth-order valence-corrected chi connectivity index (χ4v) is 2.87. The number of benzene rings is 1. The molecule has 0 bridgehead atoms. The molecule has 0 radical (unpaired) electrons. The van der Waals surface area contributed by atoms with Crippen LogP contribution in [0.25, 0.3) is 22.2 Å². The lowest BCUT2D eigenvalue weighted by Gasteiger charge is -2.02. The van der Waals surface area contributed by atoms with Crippen molar-refractivity contribution >= 4 is 23.0 Å². The number of rotatable bonds is 1. The van der Waals surface area contributed by atoms with E-state index in [-0.39, 0.29) is 5.91 Å². The highest BCUT2D eigenvalue weighted by atomic mass is 16.2. The van der Waals surface area contributed by atoms with Gasteiger partial charge in [0.15, 0.2) is 0 Å². The number of aryl methyl sites for hydroxylation is 2. The van der Waals surface area contributed by atoms with Crippen molar-refractivity contribution in [2.45, 2.75) is 13.8 Å². The van der Waals surface area contributed by atoms with E-state index >= 15 is 0 Å². The third-order valence-electron chi connectivity index (χ3n) is 3.89. The molecule has 2 N–H and O–H groups in total. The minimum Gasteiger partial charge on any atom is -0.354 e. The topological polar surface area (TPSA) is 70.1 Å². The molecule has 0 unspecified atom stereocenters. The summed E-state index contributed by atoms with van der Waals surface area (Å²) in [6.07, 6.45) is 3.52. The van der Waals surface area contributed by atoms with Crippen molar-refractivity contribution in [1.82, 2.24) is 15.4 Å². The quantitative estimate of drug-likeness (QED) is 0.723. The zero-order valence-electron chi connectivity index (χ0n) is 12.3. The number of carbonyl (C=O) groups excluding carboxylic acids is 1. The Morgan fingerprint density at radius 3 is 2.77 bits per heavy atom. The molecule has 5 nitrogen and oxygen atoms in total. The fourth-order valence-electron chi connectivity index (χ4n) is 2.87. The SMILES string of the molecule is Cc1cc2c3c(c(-c4ccc(C)nc4)[nH]c3c1)C=NNC2=O. The summed E-state index contributed by atoms with van der Waals surface area (Å²) in [5.74, 6) is -0.184. The molecule has 108 valence electrons. The number of hydrogen-bond donors (Lipinski definition) is 2. The minimum absolute atomic E-state index is 0.184. The largest absolute Gasteiger partial charge is 0.354 e. The van der Waals surface area contributed by atoms with E-state index in [1.165, 1.54) is 0 Å². The fraction of sp³-hybridized carbons (Fsp3) is 0.118. The summed E-state index contributed by atoms with van der Waals surface area (Å²) < 4.78 is 0. The van der Waals surface area contributed by atoms with Crippen LogP contribution in [0.2, 0.25) is 0 Å². The van der Waals surface area contributed by atoms with Gasteiger partial charge in [-0.05, 0) is 43.7 Å². The Morgan fingerprint density at radius 1 is 1.14 bits per heavy atom. The number of nitrogens with one attached hydrogen (secondary N) is 2. The Kier molecular flexibility index (Phi) is 2.63. The standard InChI is InChI=1S/C17H14N4O/c1-9-5-12-15-13(8-19-21-17(12)22)16(20-14(15)6-9)11-4-3-10(2)18-7-11/h3-8,20H,1-2H3,(H,21,22). The average Bonchev–Trinajstić information content (AvgIpc) is 2.76. The molecule has 1 aromatic carbocycles. The number of aromatic amines is 1. The van der Waals surface area contributed by atoms with Crippen molar-refractivity contribution in [1.29, 1.82) is 0 Å². The monoisotopic (exact) mass is 290 g/mol. The molecule has 3 aromatic rings. The van der Waals surface area contributed by atoms with E-state index in [2.05, 4.69) is 20.5 Å². The third kappa shape index (κ3) is 1.83. The summed E-state index contributed by atoms with van der Waals surface area (Å²) >= 11 is 0. The summed E-state index contributed by atoms with van der Waals surface area (Å²) in [6, 6.07) is 7.92. The normalized spacial score (nSPS) is 13.3. The molecule has 22 heavy (non-hydrogen) atoms. The third-order valence-corrected chi connectivity index (χ3v) is 3.89. The molecule has 1 aliphatic heterocycles. The second-order valence-corrected chi connectivity index (χ2v) is 5.54. The molecule has 0 fully saturated rings. The van der Waals surface area contributed by atoms with Crippen molar-refractivity contribution in [3.05, 3.63) is 52.8 Å². The summed E-state index contributed by atoms with van der Waals surface area (Å²) in [4.78, 5) is 19.9. The Balaban J connectivity index is 2.08. The van der Waals surface area contributed by atoms with E-state index in [1.807, 2.05) is 44.3 Å². The number of nitrogens with zero attached hydrogens (tertiary/aromatic N) is 2. The lowest BCUT2D eigenvalue weighted by Crippen LogP contribution is -2.16. The zero-order chi connectivity index (χ0) is 15.3. The molecule has 5 heteroatoms. The van der Waals surface area contributed by atoms with Crippen LogP contribution in [0.15, 0.2) is 35.6 Å². The van der Waals surface area contributed by atoms with Crippen molar-refractivity contribution in [2.24, 2.45) is 5.10 Å². The number of H-pyrrole nitrogens is 1. The first-order valence-corrected chi connectivity index (χ1v) is 7.06. The molecular weight excluding hydrogens is 276 g/mol. The molecular formula is C17H14N4O. The number of hydrazone groups is 1. The van der Waals surface area contributed by atoms with Gasteiger partial charge in [0.2, 0.25) is 0 Å². The number of carbonyl (C=O) groups is 1. The minimum atomic E-state index is -0.184. The first-order valence-electron chi connectivity index (χ1n) is 7.06.